The number of carbonyl (C=O) groups is 2. The Hall–Kier alpha value is -1.85. The van der Waals surface area contributed by atoms with E-state index in [4.69, 9.17) is 0 Å². The van der Waals surface area contributed by atoms with Crippen LogP contribution < -0.4 is 5.32 Å². The van der Waals surface area contributed by atoms with Crippen LogP contribution >= 0.6 is 0 Å². The topological polar surface area (TPSA) is 84.2 Å². The predicted octanol–water partition coefficient (Wildman–Crippen LogP) is 0.787. The quantitative estimate of drug-likeness (QED) is 0.828. The summed E-state index contributed by atoms with van der Waals surface area (Å²) in [5.74, 6) is -1.24. The molecule has 1 aromatic rings. The van der Waals surface area contributed by atoms with Crippen LogP contribution in [0, 0.1) is 0 Å². The van der Waals surface area contributed by atoms with Crippen LogP contribution in [0.3, 0.4) is 0 Å². The van der Waals surface area contributed by atoms with E-state index in [0.717, 1.165) is 19.3 Å². The number of carboxylic acids is 1. The number of carboxylic acid groups (broad SMARTS) is 1. The second-order valence-corrected chi connectivity index (χ2v) is 4.70. The van der Waals surface area contributed by atoms with Crippen LogP contribution in [0.25, 0.3) is 0 Å². The van der Waals surface area contributed by atoms with Gasteiger partial charge in [-0.25, -0.2) is 4.79 Å². The van der Waals surface area contributed by atoms with Crippen LogP contribution in [0.1, 0.15) is 32.1 Å². The van der Waals surface area contributed by atoms with Crippen LogP contribution in [-0.4, -0.2) is 32.3 Å². The summed E-state index contributed by atoms with van der Waals surface area (Å²) in [7, 11) is 0. The Labute approximate surface area is 105 Å². The number of hydrogen-bond donors (Lipinski definition) is 2. The second-order valence-electron chi connectivity index (χ2n) is 4.70. The second kappa shape index (κ2) is 5.20. The van der Waals surface area contributed by atoms with Gasteiger partial charge in [0.15, 0.2) is 0 Å². The summed E-state index contributed by atoms with van der Waals surface area (Å²) in [6, 6.07) is 1.72. The normalized spacial score (nSPS) is 18.2. The number of aromatic nitrogens is 2. The molecule has 0 radical (unpaired) electrons. The average molecular weight is 251 g/mol. The molecule has 6 heteroatoms. The largest absolute Gasteiger partial charge is 0.480 e. The summed E-state index contributed by atoms with van der Waals surface area (Å²) >= 11 is 0. The molecule has 1 aliphatic carbocycles. The van der Waals surface area contributed by atoms with Crippen molar-refractivity contribution in [1.29, 1.82) is 0 Å². The number of rotatable bonds is 4. The van der Waals surface area contributed by atoms with Gasteiger partial charge in [-0.3, -0.25) is 9.48 Å². The van der Waals surface area contributed by atoms with E-state index in [9.17, 15) is 14.7 Å². The summed E-state index contributed by atoms with van der Waals surface area (Å²) in [6.07, 6.45) is 6.99. The first-order chi connectivity index (χ1) is 8.62. The maximum atomic E-state index is 11.9. The molecule has 0 unspecified atom stereocenters. The van der Waals surface area contributed by atoms with Gasteiger partial charge in [-0.1, -0.05) is 19.3 Å². The lowest BCUT2D eigenvalue weighted by Crippen LogP contribution is -2.56. The minimum absolute atomic E-state index is 0.0576. The Bertz CT molecular complexity index is 422. The maximum Gasteiger partial charge on any atom is 0.329 e. The molecule has 1 fully saturated rings. The fourth-order valence-corrected chi connectivity index (χ4v) is 2.40. The molecule has 0 atom stereocenters. The lowest BCUT2D eigenvalue weighted by atomic mass is 9.81. The third-order valence-corrected chi connectivity index (χ3v) is 3.36. The summed E-state index contributed by atoms with van der Waals surface area (Å²) in [6.45, 7) is 0.0576. The zero-order chi connectivity index (χ0) is 13.0. The Balaban J connectivity index is 2.00. The third kappa shape index (κ3) is 2.69. The van der Waals surface area contributed by atoms with Gasteiger partial charge in [0.1, 0.15) is 12.1 Å². The van der Waals surface area contributed by atoms with Crippen molar-refractivity contribution in [2.45, 2.75) is 44.2 Å². The first-order valence-electron chi connectivity index (χ1n) is 6.14. The molecule has 0 saturated heterocycles. The van der Waals surface area contributed by atoms with Crippen molar-refractivity contribution in [2.75, 3.05) is 0 Å². The monoisotopic (exact) mass is 251 g/mol. The fourth-order valence-electron chi connectivity index (χ4n) is 2.40. The summed E-state index contributed by atoms with van der Waals surface area (Å²) < 4.78 is 1.48. The summed E-state index contributed by atoms with van der Waals surface area (Å²) in [5.41, 5.74) is -1.08. The number of nitrogens with one attached hydrogen (secondary N) is 1. The average Bonchev–Trinajstić information content (AvgIpc) is 2.82. The molecule has 6 nitrogen and oxygen atoms in total. The molecule has 2 N–H and O–H groups in total. The van der Waals surface area contributed by atoms with Gasteiger partial charge in [-0.2, -0.15) is 5.10 Å². The van der Waals surface area contributed by atoms with Crippen LogP contribution in [0.15, 0.2) is 18.5 Å². The molecule has 18 heavy (non-hydrogen) atoms. The van der Waals surface area contributed by atoms with Gasteiger partial charge in [0.05, 0.1) is 0 Å². The molecular weight excluding hydrogens is 234 g/mol. The van der Waals surface area contributed by atoms with Gasteiger partial charge < -0.3 is 10.4 Å². The number of amides is 1. The van der Waals surface area contributed by atoms with E-state index in [0.29, 0.717) is 12.8 Å². The first kappa shape index (κ1) is 12.6. The molecule has 1 heterocycles. The molecule has 98 valence electrons. The first-order valence-corrected chi connectivity index (χ1v) is 6.14. The smallest absolute Gasteiger partial charge is 0.329 e. The van der Waals surface area contributed by atoms with Gasteiger partial charge in [0.2, 0.25) is 5.91 Å². The van der Waals surface area contributed by atoms with Crippen molar-refractivity contribution in [3.63, 3.8) is 0 Å². The number of aliphatic carboxylic acids is 1. The van der Waals surface area contributed by atoms with Crippen LogP contribution in [0.4, 0.5) is 0 Å². The van der Waals surface area contributed by atoms with E-state index >= 15 is 0 Å². The minimum atomic E-state index is -1.08. The van der Waals surface area contributed by atoms with Crippen LogP contribution in [-0.2, 0) is 16.1 Å². The van der Waals surface area contributed by atoms with Crippen molar-refractivity contribution in [3.05, 3.63) is 18.5 Å². The van der Waals surface area contributed by atoms with E-state index in [-0.39, 0.29) is 12.5 Å². The molecule has 0 aromatic carbocycles. The number of hydrogen-bond acceptors (Lipinski definition) is 3. The van der Waals surface area contributed by atoms with Crippen molar-refractivity contribution in [1.82, 2.24) is 15.1 Å². The predicted molar refractivity (Wildman–Crippen MR) is 63.8 cm³/mol. The third-order valence-electron chi connectivity index (χ3n) is 3.36. The van der Waals surface area contributed by atoms with E-state index in [1.807, 2.05) is 0 Å². The molecule has 0 aliphatic heterocycles. The summed E-state index contributed by atoms with van der Waals surface area (Å²) in [5, 5.41) is 15.9. The highest BCUT2D eigenvalue weighted by Crippen LogP contribution is 2.28. The SMILES string of the molecule is O=C(Cn1cccn1)NC1(C(=O)O)CCCCC1. The molecule has 1 saturated carbocycles. The van der Waals surface area contributed by atoms with Crippen LogP contribution in [0.2, 0.25) is 0 Å². The van der Waals surface area contributed by atoms with Gasteiger partial charge in [-0.15, -0.1) is 0 Å². The van der Waals surface area contributed by atoms with Crippen molar-refractivity contribution in [2.24, 2.45) is 0 Å². The molecule has 2 rings (SSSR count). The van der Waals surface area contributed by atoms with E-state index in [1.54, 1.807) is 18.5 Å². The Morgan fingerprint density at radius 2 is 2.06 bits per heavy atom. The van der Waals surface area contributed by atoms with E-state index in [1.165, 1.54) is 4.68 Å². The van der Waals surface area contributed by atoms with Gasteiger partial charge in [-0.05, 0) is 18.9 Å². The Morgan fingerprint density at radius 1 is 1.33 bits per heavy atom. The number of carbonyl (C=O) groups excluding carboxylic acids is 1. The highest BCUT2D eigenvalue weighted by molar-refractivity contribution is 5.87. The van der Waals surface area contributed by atoms with Gasteiger partial charge in [0.25, 0.3) is 0 Å². The Morgan fingerprint density at radius 3 is 2.61 bits per heavy atom. The molecule has 1 amide bonds. The molecular formula is C12H17N3O3. The molecule has 1 aromatic heterocycles. The fraction of sp³-hybridized carbons (Fsp3) is 0.583. The highest BCUT2D eigenvalue weighted by atomic mass is 16.4. The lowest BCUT2D eigenvalue weighted by Gasteiger charge is -2.33. The lowest BCUT2D eigenvalue weighted by molar-refractivity contribution is -0.149. The minimum Gasteiger partial charge on any atom is -0.480 e. The van der Waals surface area contributed by atoms with Gasteiger partial charge >= 0.3 is 5.97 Å². The van der Waals surface area contributed by atoms with Crippen LogP contribution in [0.5, 0.6) is 0 Å². The van der Waals surface area contributed by atoms with Crippen molar-refractivity contribution in [3.8, 4) is 0 Å². The van der Waals surface area contributed by atoms with Crippen molar-refractivity contribution < 1.29 is 14.7 Å². The zero-order valence-electron chi connectivity index (χ0n) is 10.1. The Kier molecular flexibility index (Phi) is 3.64. The molecule has 0 spiro atoms. The molecule has 0 bridgehead atoms. The standard InChI is InChI=1S/C12H17N3O3/c16-10(9-15-8-4-7-13-15)14-12(11(17)18)5-2-1-3-6-12/h4,7-8H,1-3,5-6,9H2,(H,14,16)(H,17,18). The van der Waals surface area contributed by atoms with Gasteiger partial charge in [0, 0.05) is 12.4 Å². The van der Waals surface area contributed by atoms with Crippen molar-refractivity contribution >= 4 is 11.9 Å². The zero-order valence-corrected chi connectivity index (χ0v) is 10.1. The van der Waals surface area contributed by atoms with E-state index in [2.05, 4.69) is 10.4 Å². The summed E-state index contributed by atoms with van der Waals surface area (Å²) in [4.78, 5) is 23.2. The molecule has 1 aliphatic rings. The number of nitrogens with zero attached hydrogens (tertiary/aromatic N) is 2. The van der Waals surface area contributed by atoms with E-state index < -0.39 is 11.5 Å². The highest BCUT2D eigenvalue weighted by Gasteiger charge is 2.40. The maximum absolute atomic E-state index is 11.9.